The van der Waals surface area contributed by atoms with Crippen LogP contribution in [0.1, 0.15) is 35.3 Å². The van der Waals surface area contributed by atoms with Gasteiger partial charge in [-0.05, 0) is 26.3 Å². The van der Waals surface area contributed by atoms with Crippen molar-refractivity contribution in [3.8, 4) is 0 Å². The lowest BCUT2D eigenvalue weighted by molar-refractivity contribution is -0.138. The van der Waals surface area contributed by atoms with Crippen molar-refractivity contribution in [2.24, 2.45) is 0 Å². The third-order valence-electron chi connectivity index (χ3n) is 5.39. The zero-order chi connectivity index (χ0) is 22.8. The van der Waals surface area contributed by atoms with E-state index in [9.17, 15) is 19.2 Å². The summed E-state index contributed by atoms with van der Waals surface area (Å²) in [4.78, 5) is 52.3. The molecule has 0 atom stereocenters. The molecule has 0 N–H and O–H groups in total. The highest BCUT2D eigenvalue weighted by Crippen LogP contribution is 2.57. The highest BCUT2D eigenvalue weighted by atomic mass is 32.2. The molecule has 0 saturated carbocycles. The molecule has 3 aliphatic rings. The first-order chi connectivity index (χ1) is 14.6. The average Bonchev–Trinajstić information content (AvgIpc) is 3.28. The molecule has 4 rings (SSSR count). The number of nitrogens with zero attached hydrogens (tertiary/aromatic N) is 1. The van der Waals surface area contributed by atoms with E-state index < -0.39 is 29.2 Å². The summed E-state index contributed by atoms with van der Waals surface area (Å²) in [6.07, 6.45) is 0. The number of ketones is 1. The zero-order valence-electron chi connectivity index (χ0n) is 17.3. The number of aryl methyl sites for hydroxylation is 1. The second-order valence-corrected chi connectivity index (χ2v) is 10.2. The number of esters is 2. The number of rotatable bonds is 2. The molecule has 1 aromatic carbocycles. The van der Waals surface area contributed by atoms with Crippen LogP contribution < -0.4 is 4.90 Å². The van der Waals surface area contributed by atoms with Crippen LogP contribution in [0.15, 0.2) is 26.2 Å². The lowest BCUT2D eigenvalue weighted by Gasteiger charge is -2.42. The highest BCUT2D eigenvalue weighted by molar-refractivity contribution is 8.29. The summed E-state index contributed by atoms with van der Waals surface area (Å²) in [5.74, 6) is -2.49. The Bertz CT molecular complexity index is 1160. The van der Waals surface area contributed by atoms with Crippen molar-refractivity contribution in [3.63, 3.8) is 0 Å². The maximum Gasteiger partial charge on any atom is 0.346 e. The van der Waals surface area contributed by atoms with Gasteiger partial charge >= 0.3 is 11.9 Å². The topological polar surface area (TPSA) is 90.0 Å². The minimum atomic E-state index is -0.961. The number of hydrogen-bond donors (Lipinski definition) is 0. The minimum absolute atomic E-state index is 0.112. The molecular formula is C21H17NO6S3. The van der Waals surface area contributed by atoms with Crippen LogP contribution in [-0.2, 0) is 23.9 Å². The van der Waals surface area contributed by atoms with E-state index in [2.05, 4.69) is 0 Å². The Balaban J connectivity index is 1.98. The van der Waals surface area contributed by atoms with Gasteiger partial charge in [0, 0.05) is 11.1 Å². The fraction of sp³-hybridized carbons (Fsp3) is 0.286. The van der Waals surface area contributed by atoms with E-state index in [0.29, 0.717) is 37.1 Å². The van der Waals surface area contributed by atoms with Crippen LogP contribution in [0.25, 0.3) is 5.57 Å². The van der Waals surface area contributed by atoms with E-state index >= 15 is 0 Å². The maximum absolute atomic E-state index is 12.8. The fourth-order valence-electron chi connectivity index (χ4n) is 3.84. The average molecular weight is 476 g/mol. The number of Topliss-reactive ketones (excluding diaryl/α,β-unsaturated/α-hetero) is 1. The number of anilines is 1. The number of methoxy groups -OCH3 is 2. The van der Waals surface area contributed by atoms with Gasteiger partial charge in [0.25, 0.3) is 11.7 Å². The third-order valence-corrected chi connectivity index (χ3v) is 8.65. The summed E-state index contributed by atoms with van der Waals surface area (Å²) in [5, 5.41) is 0. The molecule has 0 unspecified atom stereocenters. The SMILES string of the molecule is COC(=O)C1=C(C(=O)OC)SC(=C2C(=S)C(C)(C)N3C(=O)C(=O)c4c(C)ccc2c43)S1. The number of ether oxygens (including phenoxy) is 2. The van der Waals surface area contributed by atoms with Gasteiger partial charge < -0.3 is 9.47 Å². The molecule has 0 spiro atoms. The molecule has 0 aliphatic carbocycles. The van der Waals surface area contributed by atoms with Gasteiger partial charge in [-0.3, -0.25) is 14.5 Å². The summed E-state index contributed by atoms with van der Waals surface area (Å²) in [5.41, 5.74) is 1.85. The highest BCUT2D eigenvalue weighted by Gasteiger charge is 2.52. The van der Waals surface area contributed by atoms with E-state index in [-0.39, 0.29) is 9.81 Å². The van der Waals surface area contributed by atoms with E-state index in [0.717, 1.165) is 23.5 Å². The van der Waals surface area contributed by atoms with Gasteiger partial charge in [0.2, 0.25) is 0 Å². The molecule has 0 aromatic heterocycles. The first-order valence-corrected chi connectivity index (χ1v) is 11.2. The van der Waals surface area contributed by atoms with Gasteiger partial charge in [-0.15, -0.1) is 0 Å². The van der Waals surface area contributed by atoms with Gasteiger partial charge in [0.05, 0.1) is 40.1 Å². The summed E-state index contributed by atoms with van der Waals surface area (Å²) in [6, 6.07) is 3.58. The van der Waals surface area contributed by atoms with Crippen molar-refractivity contribution in [2.45, 2.75) is 26.3 Å². The number of carbonyl (C=O) groups is 4. The van der Waals surface area contributed by atoms with Crippen LogP contribution in [0, 0.1) is 6.92 Å². The van der Waals surface area contributed by atoms with E-state index in [1.165, 1.54) is 19.1 Å². The minimum Gasteiger partial charge on any atom is -0.465 e. The van der Waals surface area contributed by atoms with Gasteiger partial charge in [-0.25, -0.2) is 9.59 Å². The number of benzene rings is 1. The molecule has 0 saturated heterocycles. The molecule has 3 aliphatic heterocycles. The fourth-order valence-corrected chi connectivity index (χ4v) is 6.88. The Morgan fingerprint density at radius 1 is 1.03 bits per heavy atom. The molecule has 7 nitrogen and oxygen atoms in total. The summed E-state index contributed by atoms with van der Waals surface area (Å²) in [7, 11) is 2.47. The van der Waals surface area contributed by atoms with Crippen LogP contribution in [-0.4, -0.2) is 48.3 Å². The number of amides is 1. The Morgan fingerprint density at radius 3 is 2.10 bits per heavy atom. The molecule has 1 aromatic rings. The summed E-state index contributed by atoms with van der Waals surface area (Å²) in [6.45, 7) is 5.34. The molecule has 10 heteroatoms. The molecule has 0 fully saturated rings. The van der Waals surface area contributed by atoms with Crippen molar-refractivity contribution in [2.75, 3.05) is 19.1 Å². The Kier molecular flexibility index (Phi) is 5.14. The van der Waals surface area contributed by atoms with Crippen molar-refractivity contribution in [1.29, 1.82) is 0 Å². The van der Waals surface area contributed by atoms with Gasteiger partial charge in [-0.1, -0.05) is 47.9 Å². The number of thioether (sulfide) groups is 2. The molecule has 0 bridgehead atoms. The Morgan fingerprint density at radius 2 is 1.58 bits per heavy atom. The Hall–Kier alpha value is -2.43. The number of hydrogen-bond acceptors (Lipinski definition) is 9. The van der Waals surface area contributed by atoms with Crippen LogP contribution in [0.3, 0.4) is 0 Å². The monoisotopic (exact) mass is 475 g/mol. The largest absolute Gasteiger partial charge is 0.465 e. The van der Waals surface area contributed by atoms with Crippen LogP contribution in [0.4, 0.5) is 5.69 Å². The van der Waals surface area contributed by atoms with Crippen molar-refractivity contribution in [1.82, 2.24) is 0 Å². The molecule has 160 valence electrons. The predicted octanol–water partition coefficient (Wildman–Crippen LogP) is 3.39. The molecule has 0 radical (unpaired) electrons. The maximum atomic E-state index is 12.8. The van der Waals surface area contributed by atoms with E-state index in [4.69, 9.17) is 21.7 Å². The smallest absolute Gasteiger partial charge is 0.346 e. The summed E-state index contributed by atoms with van der Waals surface area (Å²) >= 11 is 7.94. The number of carbonyl (C=O) groups excluding carboxylic acids is 4. The van der Waals surface area contributed by atoms with E-state index in [1.54, 1.807) is 26.8 Å². The summed E-state index contributed by atoms with van der Waals surface area (Å²) < 4.78 is 10.3. The van der Waals surface area contributed by atoms with Crippen LogP contribution in [0.5, 0.6) is 0 Å². The third kappa shape index (κ3) is 2.92. The van der Waals surface area contributed by atoms with Crippen molar-refractivity contribution in [3.05, 3.63) is 42.9 Å². The van der Waals surface area contributed by atoms with Crippen LogP contribution in [0.2, 0.25) is 0 Å². The zero-order valence-corrected chi connectivity index (χ0v) is 19.7. The second-order valence-electron chi connectivity index (χ2n) is 7.52. The first kappa shape index (κ1) is 21.8. The van der Waals surface area contributed by atoms with Gasteiger partial charge in [0.15, 0.2) is 0 Å². The number of thiocarbonyl (C=S) groups is 1. The normalized spacial score (nSPS) is 19.3. The first-order valence-electron chi connectivity index (χ1n) is 9.14. The van der Waals surface area contributed by atoms with Crippen molar-refractivity contribution >= 4 is 75.5 Å². The van der Waals surface area contributed by atoms with Gasteiger partial charge in [0.1, 0.15) is 9.81 Å². The molecule has 31 heavy (non-hydrogen) atoms. The van der Waals surface area contributed by atoms with E-state index in [1.807, 2.05) is 6.07 Å². The molecule has 1 amide bonds. The quantitative estimate of drug-likeness (QED) is 0.276. The Labute approximate surface area is 192 Å². The van der Waals surface area contributed by atoms with Crippen molar-refractivity contribution < 1.29 is 28.7 Å². The standard InChI is InChI=1S/C21H17NO6S3/c1-8-6-7-9-11(20-30-14(18(25)27-4)15(31-20)19(26)28-5)16(29)21(2,3)22-12(9)10(8)13(23)17(22)24/h6-7H,1-5H3. The van der Waals surface area contributed by atoms with Gasteiger partial charge in [-0.2, -0.15) is 0 Å². The lowest BCUT2D eigenvalue weighted by atomic mass is 9.83. The van der Waals surface area contributed by atoms with Crippen LogP contribution >= 0.6 is 35.7 Å². The predicted molar refractivity (Wildman–Crippen MR) is 123 cm³/mol. The molecular weight excluding hydrogens is 458 g/mol. The second kappa shape index (κ2) is 7.32. The molecule has 3 heterocycles. The lowest BCUT2D eigenvalue weighted by Crippen LogP contribution is -2.54.